The molecule has 0 saturated carbocycles. The fraction of sp³-hybridized carbons (Fsp3) is 0.588. The second-order valence-corrected chi connectivity index (χ2v) is 5.93. The van der Waals surface area contributed by atoms with Crippen molar-refractivity contribution in [2.24, 2.45) is 0 Å². The van der Waals surface area contributed by atoms with Crippen LogP contribution in [0.5, 0.6) is 0 Å². The molecule has 2 rings (SSSR count). The topological polar surface area (TPSA) is 41.6 Å². The van der Waals surface area contributed by atoms with Gasteiger partial charge in [-0.1, -0.05) is 36.8 Å². The molecule has 21 heavy (non-hydrogen) atoms. The van der Waals surface area contributed by atoms with Gasteiger partial charge in [0, 0.05) is 18.6 Å². The van der Waals surface area contributed by atoms with Gasteiger partial charge in [-0.25, -0.2) is 4.79 Å². The summed E-state index contributed by atoms with van der Waals surface area (Å²) >= 11 is 0. The van der Waals surface area contributed by atoms with Crippen molar-refractivity contribution < 1.29 is 9.53 Å². The second-order valence-electron chi connectivity index (χ2n) is 5.93. The van der Waals surface area contributed by atoms with Gasteiger partial charge in [-0.05, 0) is 38.8 Å². The summed E-state index contributed by atoms with van der Waals surface area (Å²) in [6.45, 7) is 6.18. The maximum Gasteiger partial charge on any atom is 0.410 e. The van der Waals surface area contributed by atoms with Crippen molar-refractivity contribution in [2.45, 2.75) is 51.8 Å². The molecule has 1 aliphatic heterocycles. The van der Waals surface area contributed by atoms with Crippen molar-refractivity contribution in [1.29, 1.82) is 0 Å². The summed E-state index contributed by atoms with van der Waals surface area (Å²) < 4.78 is 5.45. The number of benzene rings is 1. The molecule has 1 aromatic rings. The highest BCUT2D eigenvalue weighted by atomic mass is 16.6. The molecule has 0 aliphatic carbocycles. The molecule has 1 aliphatic rings. The Hall–Kier alpha value is -1.55. The van der Waals surface area contributed by atoms with E-state index >= 15 is 0 Å². The monoisotopic (exact) mass is 290 g/mol. The lowest BCUT2D eigenvalue weighted by molar-refractivity contribution is 0.0799. The van der Waals surface area contributed by atoms with Crippen LogP contribution in [-0.4, -0.2) is 36.2 Å². The number of amides is 1. The zero-order chi connectivity index (χ0) is 15.1. The molecule has 0 bridgehead atoms. The Morgan fingerprint density at radius 2 is 2.10 bits per heavy atom. The van der Waals surface area contributed by atoms with E-state index < -0.39 is 0 Å². The van der Waals surface area contributed by atoms with Crippen LogP contribution in [-0.2, 0) is 11.3 Å². The van der Waals surface area contributed by atoms with Crippen LogP contribution in [0.4, 0.5) is 4.79 Å². The van der Waals surface area contributed by atoms with Gasteiger partial charge in [0.25, 0.3) is 0 Å². The van der Waals surface area contributed by atoms with Crippen LogP contribution in [0.15, 0.2) is 30.3 Å². The lowest BCUT2D eigenvalue weighted by Crippen LogP contribution is -2.48. The largest absolute Gasteiger partial charge is 0.445 e. The van der Waals surface area contributed by atoms with Crippen LogP contribution < -0.4 is 5.32 Å². The first kappa shape index (κ1) is 15.8. The number of carbonyl (C=O) groups is 1. The number of ether oxygens (including phenoxy) is 1. The third-order valence-corrected chi connectivity index (χ3v) is 3.89. The van der Waals surface area contributed by atoms with E-state index in [1.165, 1.54) is 12.8 Å². The summed E-state index contributed by atoms with van der Waals surface area (Å²) in [7, 11) is 0. The van der Waals surface area contributed by atoms with E-state index in [2.05, 4.69) is 5.32 Å². The quantitative estimate of drug-likeness (QED) is 0.905. The van der Waals surface area contributed by atoms with Gasteiger partial charge < -0.3 is 15.0 Å². The molecule has 4 heteroatoms. The summed E-state index contributed by atoms with van der Waals surface area (Å²) in [5, 5.41) is 3.48. The molecule has 1 saturated heterocycles. The molecule has 1 heterocycles. The normalized spacial score (nSPS) is 18.5. The number of nitrogens with zero attached hydrogens (tertiary/aromatic N) is 1. The van der Waals surface area contributed by atoms with Crippen molar-refractivity contribution in [3.8, 4) is 0 Å². The average Bonchev–Trinajstić information content (AvgIpc) is 2.52. The van der Waals surface area contributed by atoms with Gasteiger partial charge in [0.05, 0.1) is 0 Å². The lowest BCUT2D eigenvalue weighted by Gasteiger charge is -2.32. The van der Waals surface area contributed by atoms with Crippen LogP contribution >= 0.6 is 0 Å². The van der Waals surface area contributed by atoms with E-state index in [0.29, 0.717) is 12.6 Å². The van der Waals surface area contributed by atoms with E-state index in [4.69, 9.17) is 4.74 Å². The second kappa shape index (κ2) is 8.03. The standard InChI is InChI=1S/C17H26N2O2/c1-14(2)19(12-16-10-6-7-11-18-16)17(20)21-13-15-8-4-3-5-9-15/h3-5,8-9,14,16,18H,6-7,10-13H2,1-2H3/t16-/m1/s1. The van der Waals surface area contributed by atoms with Crippen LogP contribution in [0.2, 0.25) is 0 Å². The zero-order valence-corrected chi connectivity index (χ0v) is 13.0. The van der Waals surface area contributed by atoms with Gasteiger partial charge in [-0.3, -0.25) is 0 Å². The number of piperidine rings is 1. The van der Waals surface area contributed by atoms with Crippen molar-refractivity contribution >= 4 is 6.09 Å². The zero-order valence-electron chi connectivity index (χ0n) is 13.0. The first-order valence-corrected chi connectivity index (χ1v) is 7.87. The number of nitrogens with one attached hydrogen (secondary N) is 1. The van der Waals surface area contributed by atoms with E-state index in [1.807, 2.05) is 49.1 Å². The predicted octanol–water partition coefficient (Wildman–Crippen LogP) is 3.18. The summed E-state index contributed by atoms with van der Waals surface area (Å²) in [5.74, 6) is 0. The number of hydrogen-bond donors (Lipinski definition) is 1. The lowest BCUT2D eigenvalue weighted by atomic mass is 10.0. The summed E-state index contributed by atoms with van der Waals surface area (Å²) in [6.07, 6.45) is 3.38. The van der Waals surface area contributed by atoms with E-state index in [1.54, 1.807) is 0 Å². The van der Waals surface area contributed by atoms with Gasteiger partial charge in [0.1, 0.15) is 6.61 Å². The molecule has 0 spiro atoms. The molecule has 1 amide bonds. The van der Waals surface area contributed by atoms with Crippen LogP contribution in [0.25, 0.3) is 0 Å². The molecule has 0 radical (unpaired) electrons. The van der Waals surface area contributed by atoms with E-state index in [9.17, 15) is 4.79 Å². The third-order valence-electron chi connectivity index (χ3n) is 3.89. The minimum atomic E-state index is -0.221. The molecule has 116 valence electrons. The van der Waals surface area contributed by atoms with Gasteiger partial charge in [0.2, 0.25) is 0 Å². The van der Waals surface area contributed by atoms with E-state index in [-0.39, 0.29) is 12.1 Å². The Morgan fingerprint density at radius 1 is 1.33 bits per heavy atom. The first-order valence-electron chi connectivity index (χ1n) is 7.87. The van der Waals surface area contributed by atoms with Gasteiger partial charge in [0.15, 0.2) is 0 Å². The maximum atomic E-state index is 12.3. The third kappa shape index (κ3) is 5.05. The van der Waals surface area contributed by atoms with Crippen molar-refractivity contribution in [2.75, 3.05) is 13.1 Å². The summed E-state index contributed by atoms with van der Waals surface area (Å²) in [6, 6.07) is 10.3. The number of rotatable bonds is 5. The SMILES string of the molecule is CC(C)N(C[C@H]1CCCCN1)C(=O)OCc1ccccc1. The molecule has 1 atom stereocenters. The van der Waals surface area contributed by atoms with Gasteiger partial charge >= 0.3 is 6.09 Å². The fourth-order valence-electron chi connectivity index (χ4n) is 2.62. The van der Waals surface area contributed by atoms with Crippen molar-refractivity contribution in [1.82, 2.24) is 10.2 Å². The van der Waals surface area contributed by atoms with Gasteiger partial charge in [-0.15, -0.1) is 0 Å². The Balaban J connectivity index is 1.86. The molecular formula is C17H26N2O2. The number of carbonyl (C=O) groups excluding carboxylic acids is 1. The van der Waals surface area contributed by atoms with Crippen LogP contribution in [0.1, 0.15) is 38.7 Å². The summed E-state index contributed by atoms with van der Waals surface area (Å²) in [4.78, 5) is 14.1. The Morgan fingerprint density at radius 3 is 2.71 bits per heavy atom. The molecule has 1 N–H and O–H groups in total. The van der Waals surface area contributed by atoms with Gasteiger partial charge in [-0.2, -0.15) is 0 Å². The summed E-state index contributed by atoms with van der Waals surface area (Å²) in [5.41, 5.74) is 1.02. The smallest absolute Gasteiger partial charge is 0.410 e. The molecule has 1 fully saturated rings. The molecule has 0 unspecified atom stereocenters. The molecule has 0 aromatic heterocycles. The van der Waals surface area contributed by atoms with Crippen LogP contribution in [0.3, 0.4) is 0 Å². The van der Waals surface area contributed by atoms with Crippen LogP contribution in [0, 0.1) is 0 Å². The van der Waals surface area contributed by atoms with E-state index in [0.717, 1.165) is 25.1 Å². The highest BCUT2D eigenvalue weighted by molar-refractivity contribution is 5.68. The van der Waals surface area contributed by atoms with Crippen molar-refractivity contribution in [3.63, 3.8) is 0 Å². The Kier molecular flexibility index (Phi) is 6.05. The Bertz CT molecular complexity index is 428. The predicted molar refractivity (Wildman–Crippen MR) is 84.1 cm³/mol. The number of hydrogen-bond acceptors (Lipinski definition) is 3. The first-order chi connectivity index (χ1) is 10.2. The highest BCUT2D eigenvalue weighted by Crippen LogP contribution is 2.12. The molecule has 1 aromatic carbocycles. The Labute approximate surface area is 127 Å². The fourth-order valence-corrected chi connectivity index (χ4v) is 2.62. The average molecular weight is 290 g/mol. The molecular weight excluding hydrogens is 264 g/mol. The minimum Gasteiger partial charge on any atom is -0.445 e. The molecule has 4 nitrogen and oxygen atoms in total. The highest BCUT2D eigenvalue weighted by Gasteiger charge is 2.23. The van der Waals surface area contributed by atoms with Crippen molar-refractivity contribution in [3.05, 3.63) is 35.9 Å². The maximum absolute atomic E-state index is 12.3. The minimum absolute atomic E-state index is 0.150.